The zero-order valence-electron chi connectivity index (χ0n) is 16.5. The van der Waals surface area contributed by atoms with Crippen LogP contribution in [0.5, 0.6) is 5.75 Å². The third-order valence-electron chi connectivity index (χ3n) is 4.04. The van der Waals surface area contributed by atoms with Crippen molar-refractivity contribution in [1.82, 2.24) is 9.97 Å². The summed E-state index contributed by atoms with van der Waals surface area (Å²) >= 11 is 0. The summed E-state index contributed by atoms with van der Waals surface area (Å²) in [5.74, 6) is 0.639. The molecule has 0 fully saturated rings. The van der Waals surface area contributed by atoms with Gasteiger partial charge in [0.25, 0.3) is 5.91 Å². The molecule has 3 rings (SSSR count). The van der Waals surface area contributed by atoms with Crippen molar-refractivity contribution >= 4 is 29.0 Å². The van der Waals surface area contributed by atoms with Crippen molar-refractivity contribution in [3.8, 4) is 5.75 Å². The molecule has 7 heteroatoms. The number of aromatic nitrogens is 2. The first-order chi connectivity index (χ1) is 13.9. The van der Waals surface area contributed by atoms with E-state index in [4.69, 9.17) is 4.74 Å². The van der Waals surface area contributed by atoms with Crippen LogP contribution in [-0.2, 0) is 0 Å². The van der Waals surface area contributed by atoms with Crippen molar-refractivity contribution < 1.29 is 14.3 Å². The van der Waals surface area contributed by atoms with Crippen LogP contribution in [0.2, 0.25) is 0 Å². The molecule has 2 N–H and O–H groups in total. The monoisotopic (exact) mass is 390 g/mol. The Bertz CT molecular complexity index is 1030. The number of carbonyl (C=O) groups is 2. The lowest BCUT2D eigenvalue weighted by molar-refractivity contribution is 0.101. The molecule has 0 aliphatic carbocycles. The van der Waals surface area contributed by atoms with E-state index in [0.29, 0.717) is 29.2 Å². The van der Waals surface area contributed by atoms with Gasteiger partial charge >= 0.3 is 0 Å². The maximum atomic E-state index is 12.6. The van der Waals surface area contributed by atoms with Gasteiger partial charge < -0.3 is 15.4 Å². The van der Waals surface area contributed by atoms with Gasteiger partial charge in [-0.3, -0.25) is 9.59 Å². The zero-order valence-corrected chi connectivity index (χ0v) is 16.5. The summed E-state index contributed by atoms with van der Waals surface area (Å²) in [6, 6.07) is 15.8. The molecule has 2 aromatic carbocycles. The predicted molar refractivity (Wildman–Crippen MR) is 112 cm³/mol. The fraction of sp³-hybridized carbons (Fsp3) is 0.182. The number of ether oxygens (including phenoxy) is 1. The normalized spacial score (nSPS) is 10.3. The predicted octanol–water partition coefficient (Wildman–Crippen LogP) is 4.38. The fourth-order valence-electron chi connectivity index (χ4n) is 2.68. The van der Waals surface area contributed by atoms with Gasteiger partial charge in [-0.05, 0) is 63.2 Å². The molecule has 0 saturated heterocycles. The number of nitrogens with one attached hydrogen (secondary N) is 2. The Morgan fingerprint density at radius 1 is 1.00 bits per heavy atom. The number of hydrogen-bond donors (Lipinski definition) is 2. The summed E-state index contributed by atoms with van der Waals surface area (Å²) < 4.78 is 5.40. The third-order valence-corrected chi connectivity index (χ3v) is 4.04. The highest BCUT2D eigenvalue weighted by molar-refractivity contribution is 6.03. The highest BCUT2D eigenvalue weighted by atomic mass is 16.5. The Hall–Kier alpha value is -3.74. The number of amides is 1. The molecule has 29 heavy (non-hydrogen) atoms. The van der Waals surface area contributed by atoms with Gasteiger partial charge in [0.1, 0.15) is 11.4 Å². The Kier molecular flexibility index (Phi) is 6.19. The van der Waals surface area contributed by atoms with E-state index in [0.717, 1.165) is 5.75 Å². The minimum absolute atomic E-state index is 0.0331. The number of anilines is 3. The summed E-state index contributed by atoms with van der Waals surface area (Å²) in [7, 11) is 0. The molecule has 0 saturated carbocycles. The maximum absolute atomic E-state index is 12.6. The minimum atomic E-state index is -0.347. The number of aryl methyl sites for hydroxylation is 1. The van der Waals surface area contributed by atoms with E-state index in [2.05, 4.69) is 20.6 Å². The van der Waals surface area contributed by atoms with Gasteiger partial charge in [-0.2, -0.15) is 0 Å². The molecule has 0 spiro atoms. The van der Waals surface area contributed by atoms with Crippen LogP contribution in [0.25, 0.3) is 0 Å². The van der Waals surface area contributed by atoms with Crippen molar-refractivity contribution in [1.29, 1.82) is 0 Å². The minimum Gasteiger partial charge on any atom is -0.494 e. The number of Topliss-reactive ketones (excluding diaryl/α,β-unsaturated/α-hetero) is 1. The molecule has 1 aromatic heterocycles. The molecule has 1 heterocycles. The van der Waals surface area contributed by atoms with Crippen LogP contribution in [0.1, 0.15) is 40.4 Å². The van der Waals surface area contributed by atoms with E-state index in [9.17, 15) is 9.59 Å². The van der Waals surface area contributed by atoms with Crippen molar-refractivity contribution in [3.05, 3.63) is 71.5 Å². The SMILES string of the molecule is CCOc1ccc(NC(=O)c2cc(C)nc(Nc3cccc(C(C)=O)c3)n2)cc1. The fourth-order valence-corrected chi connectivity index (χ4v) is 2.68. The number of hydrogen-bond acceptors (Lipinski definition) is 6. The summed E-state index contributed by atoms with van der Waals surface area (Å²) in [5, 5.41) is 5.86. The van der Waals surface area contributed by atoms with Crippen LogP contribution < -0.4 is 15.4 Å². The quantitative estimate of drug-likeness (QED) is 0.582. The topological polar surface area (TPSA) is 93.2 Å². The number of carbonyl (C=O) groups excluding carboxylic acids is 2. The largest absolute Gasteiger partial charge is 0.494 e. The van der Waals surface area contributed by atoms with Crippen LogP contribution in [0.3, 0.4) is 0 Å². The standard InChI is InChI=1S/C22H22N4O3/c1-4-29-19-10-8-17(9-11-19)24-21(28)20-12-14(2)23-22(26-20)25-18-7-5-6-16(13-18)15(3)27/h5-13H,4H2,1-3H3,(H,24,28)(H,23,25,26). The Morgan fingerprint density at radius 3 is 2.45 bits per heavy atom. The molecule has 0 atom stereocenters. The second-order valence-electron chi connectivity index (χ2n) is 6.39. The van der Waals surface area contributed by atoms with Crippen molar-refractivity contribution in [2.45, 2.75) is 20.8 Å². The van der Waals surface area contributed by atoms with Crippen molar-refractivity contribution in [2.24, 2.45) is 0 Å². The molecule has 0 aliphatic rings. The average Bonchev–Trinajstić information content (AvgIpc) is 2.69. The zero-order chi connectivity index (χ0) is 20.8. The van der Waals surface area contributed by atoms with Crippen LogP contribution in [0.4, 0.5) is 17.3 Å². The molecule has 148 valence electrons. The van der Waals surface area contributed by atoms with Gasteiger partial charge in [0.05, 0.1) is 6.61 Å². The van der Waals surface area contributed by atoms with E-state index < -0.39 is 0 Å². The van der Waals surface area contributed by atoms with Crippen LogP contribution in [-0.4, -0.2) is 28.3 Å². The van der Waals surface area contributed by atoms with Gasteiger partial charge in [0.15, 0.2) is 5.78 Å². The molecule has 0 bridgehead atoms. The molecule has 1 amide bonds. The second-order valence-corrected chi connectivity index (χ2v) is 6.39. The number of ketones is 1. The molecule has 7 nitrogen and oxygen atoms in total. The van der Waals surface area contributed by atoms with Crippen molar-refractivity contribution in [3.63, 3.8) is 0 Å². The van der Waals surface area contributed by atoms with E-state index in [1.54, 1.807) is 61.5 Å². The van der Waals surface area contributed by atoms with Gasteiger partial charge in [-0.25, -0.2) is 9.97 Å². The smallest absolute Gasteiger partial charge is 0.274 e. The molecule has 3 aromatic rings. The first-order valence-electron chi connectivity index (χ1n) is 9.22. The highest BCUT2D eigenvalue weighted by Crippen LogP contribution is 2.18. The van der Waals surface area contributed by atoms with Gasteiger partial charge in [0.2, 0.25) is 5.95 Å². The highest BCUT2D eigenvalue weighted by Gasteiger charge is 2.12. The maximum Gasteiger partial charge on any atom is 0.274 e. The summed E-state index contributed by atoms with van der Waals surface area (Å²) in [6.07, 6.45) is 0. The van der Waals surface area contributed by atoms with Crippen LogP contribution >= 0.6 is 0 Å². The lowest BCUT2D eigenvalue weighted by Crippen LogP contribution is -2.15. The number of nitrogens with zero attached hydrogens (tertiary/aromatic N) is 2. The lowest BCUT2D eigenvalue weighted by Gasteiger charge is -2.10. The van der Waals surface area contributed by atoms with Gasteiger partial charge in [-0.1, -0.05) is 12.1 Å². The molecular formula is C22H22N4O3. The molecule has 0 aliphatic heterocycles. The first-order valence-corrected chi connectivity index (χ1v) is 9.22. The second kappa shape index (κ2) is 8.97. The number of benzene rings is 2. The third kappa shape index (κ3) is 5.38. The van der Waals surface area contributed by atoms with E-state index in [-0.39, 0.29) is 23.3 Å². The molecule has 0 radical (unpaired) electrons. The average molecular weight is 390 g/mol. The van der Waals surface area contributed by atoms with E-state index in [1.807, 2.05) is 6.92 Å². The Balaban J connectivity index is 1.76. The summed E-state index contributed by atoms with van der Waals surface area (Å²) in [4.78, 5) is 32.8. The lowest BCUT2D eigenvalue weighted by atomic mass is 10.1. The van der Waals surface area contributed by atoms with Gasteiger partial charge in [-0.15, -0.1) is 0 Å². The summed E-state index contributed by atoms with van der Waals surface area (Å²) in [6.45, 7) is 5.78. The Morgan fingerprint density at radius 2 is 1.76 bits per heavy atom. The number of rotatable bonds is 7. The van der Waals surface area contributed by atoms with Gasteiger partial charge in [0, 0.05) is 22.6 Å². The first kappa shape index (κ1) is 20.0. The van der Waals surface area contributed by atoms with E-state index >= 15 is 0 Å². The van der Waals surface area contributed by atoms with Crippen LogP contribution in [0.15, 0.2) is 54.6 Å². The van der Waals surface area contributed by atoms with E-state index in [1.165, 1.54) is 6.92 Å². The van der Waals surface area contributed by atoms with Crippen molar-refractivity contribution in [2.75, 3.05) is 17.2 Å². The molecular weight excluding hydrogens is 368 g/mol. The summed E-state index contributed by atoms with van der Waals surface area (Å²) in [5.41, 5.74) is 2.76. The molecule has 0 unspecified atom stereocenters. The van der Waals surface area contributed by atoms with Crippen LogP contribution in [0, 0.1) is 6.92 Å². The Labute approximate surface area is 169 Å².